The molecule has 3 heterocycles. The molecule has 0 spiro atoms. The fourth-order valence-corrected chi connectivity index (χ4v) is 8.41. The largest absolute Gasteiger partial charge is 0.459 e. The van der Waals surface area contributed by atoms with E-state index in [4.69, 9.17) is 28.4 Å². The predicted octanol–water partition coefficient (Wildman–Crippen LogP) is 1.79. The number of nitrogens with zero attached hydrogens (tertiary/aromatic N) is 1. The van der Waals surface area contributed by atoms with Crippen LogP contribution in [0.1, 0.15) is 94.9 Å². The van der Waals surface area contributed by atoms with Gasteiger partial charge in [0.1, 0.15) is 29.7 Å². The van der Waals surface area contributed by atoms with Gasteiger partial charge in [-0.15, -0.1) is 0 Å². The van der Waals surface area contributed by atoms with Crippen LogP contribution in [0.5, 0.6) is 0 Å². The van der Waals surface area contributed by atoms with Gasteiger partial charge in [-0.3, -0.25) is 9.59 Å². The molecular weight excluding hydrogens is 666 g/mol. The highest BCUT2D eigenvalue weighted by Crippen LogP contribution is 2.40. The molecule has 0 aromatic heterocycles. The van der Waals surface area contributed by atoms with Crippen LogP contribution in [0.25, 0.3) is 0 Å². The standard InChI is InChI=1S/C37H67NO13/c1-14-25-37(10,45)30(41)20(4)27(39)18(2)16-35(8,44)32(51-34-28(40)24(38(11)12)15-19(3)47-34)21(5)29(22(6)33(43)49-25)50-26-17-36(9,46-13)31(42)23(7)48-26/h18-26,28-32,34,40-42,44-45H,14-17H2,1-13H3/t18-,19+,20?,21?,22+,23-,24-,25?,26-,28+,29+,30+,31-,32-,34-,35-,36+,37-/m0/s1. The van der Waals surface area contributed by atoms with E-state index >= 15 is 0 Å². The second-order valence-electron chi connectivity index (χ2n) is 16.5. The monoisotopic (exact) mass is 733 g/mol. The molecule has 3 fully saturated rings. The van der Waals surface area contributed by atoms with E-state index in [-0.39, 0.29) is 31.4 Å². The smallest absolute Gasteiger partial charge is 0.311 e. The fourth-order valence-electron chi connectivity index (χ4n) is 8.41. The van der Waals surface area contributed by atoms with Crippen LogP contribution in [0, 0.1) is 23.7 Å². The van der Waals surface area contributed by atoms with Crippen molar-refractivity contribution >= 4 is 11.8 Å². The molecule has 14 heteroatoms. The lowest BCUT2D eigenvalue weighted by Crippen LogP contribution is -2.61. The Balaban J connectivity index is 2.18. The number of likely N-dealkylation sites (N-methyl/N-ethyl adjacent to an activating group) is 1. The van der Waals surface area contributed by atoms with Gasteiger partial charge < -0.3 is 58.9 Å². The van der Waals surface area contributed by atoms with E-state index in [0.717, 1.165) is 0 Å². The number of Topliss-reactive ketones (excluding diaryl/α,β-unsaturated/α-hetero) is 1. The molecule has 0 amide bonds. The van der Waals surface area contributed by atoms with Gasteiger partial charge in [0.05, 0.1) is 47.6 Å². The van der Waals surface area contributed by atoms with Gasteiger partial charge in [-0.1, -0.05) is 27.7 Å². The molecule has 0 radical (unpaired) electrons. The average molecular weight is 734 g/mol. The maximum Gasteiger partial charge on any atom is 0.311 e. The first-order chi connectivity index (χ1) is 23.4. The van der Waals surface area contributed by atoms with Crippen LogP contribution >= 0.6 is 0 Å². The molecule has 0 aliphatic carbocycles. The lowest BCUT2D eigenvalue weighted by atomic mass is 9.74. The number of cyclic esters (lactones) is 1. The number of aliphatic hydroxyl groups is 5. The van der Waals surface area contributed by atoms with Gasteiger partial charge in [-0.25, -0.2) is 0 Å². The first kappa shape index (κ1) is 44.1. The highest BCUT2D eigenvalue weighted by molar-refractivity contribution is 5.83. The van der Waals surface area contributed by atoms with Crippen molar-refractivity contribution in [2.24, 2.45) is 23.7 Å². The Hall–Kier alpha value is -1.30. The molecule has 0 saturated carbocycles. The summed E-state index contributed by atoms with van der Waals surface area (Å²) < 4.78 is 37.1. The maximum absolute atomic E-state index is 14.1. The van der Waals surface area contributed by atoms with Crippen LogP contribution < -0.4 is 0 Å². The zero-order valence-electron chi connectivity index (χ0n) is 32.9. The zero-order chi connectivity index (χ0) is 39.0. The van der Waals surface area contributed by atoms with Crippen molar-refractivity contribution in [1.29, 1.82) is 0 Å². The molecule has 3 aliphatic rings. The Labute approximate surface area is 304 Å². The third kappa shape index (κ3) is 9.51. The number of hydrogen-bond donors (Lipinski definition) is 5. The molecule has 3 saturated heterocycles. The summed E-state index contributed by atoms with van der Waals surface area (Å²) in [7, 11) is 5.18. The predicted molar refractivity (Wildman–Crippen MR) is 186 cm³/mol. The third-order valence-corrected chi connectivity index (χ3v) is 11.8. The van der Waals surface area contributed by atoms with E-state index in [1.165, 1.54) is 27.9 Å². The van der Waals surface area contributed by atoms with E-state index in [2.05, 4.69) is 0 Å². The summed E-state index contributed by atoms with van der Waals surface area (Å²) in [6.07, 6.45) is -9.71. The van der Waals surface area contributed by atoms with Crippen molar-refractivity contribution in [1.82, 2.24) is 4.90 Å². The normalized spacial score (nSPS) is 49.7. The topological polar surface area (TPSA) is 194 Å². The van der Waals surface area contributed by atoms with Gasteiger partial charge in [0, 0.05) is 37.3 Å². The molecule has 0 aromatic carbocycles. The van der Waals surface area contributed by atoms with Crippen molar-refractivity contribution < 1.29 is 63.5 Å². The number of carbonyl (C=O) groups excluding carboxylic acids is 2. The lowest BCUT2D eigenvalue weighted by molar-refractivity contribution is -0.318. The van der Waals surface area contributed by atoms with E-state index in [1.54, 1.807) is 41.5 Å². The quantitative estimate of drug-likeness (QED) is 0.238. The molecule has 3 aliphatic heterocycles. The summed E-state index contributed by atoms with van der Waals surface area (Å²) in [5.74, 6) is -4.98. The van der Waals surface area contributed by atoms with Gasteiger partial charge in [0.25, 0.3) is 0 Å². The van der Waals surface area contributed by atoms with Crippen LogP contribution in [-0.2, 0) is 38.0 Å². The van der Waals surface area contributed by atoms with Gasteiger partial charge in [0.2, 0.25) is 0 Å². The van der Waals surface area contributed by atoms with Crippen molar-refractivity contribution in [3.05, 3.63) is 0 Å². The van der Waals surface area contributed by atoms with Gasteiger partial charge in [-0.2, -0.15) is 0 Å². The van der Waals surface area contributed by atoms with Crippen LogP contribution in [0.2, 0.25) is 0 Å². The SMILES string of the molecule is CCC1OC(=O)[C@H](C)[C@H](O[C@H]2C[C@@](C)(OC)[C@@H](O)[C@H](C)O2)C(C)[C@H](O[C@@H]2O[C@H](C)C[C@H](N(C)C)[C@H]2O)[C@@](C)(O)C[C@H](C)C(=O)C(C)[C@@H](O)[C@@]1(C)O. The van der Waals surface area contributed by atoms with Crippen LogP contribution in [0.4, 0.5) is 0 Å². The van der Waals surface area contributed by atoms with Crippen LogP contribution in [0.15, 0.2) is 0 Å². The second-order valence-corrected chi connectivity index (χ2v) is 16.5. The Morgan fingerprint density at radius 3 is 2.04 bits per heavy atom. The molecule has 3 rings (SSSR count). The Morgan fingerprint density at radius 2 is 1.49 bits per heavy atom. The molecule has 51 heavy (non-hydrogen) atoms. The maximum atomic E-state index is 14.1. The summed E-state index contributed by atoms with van der Waals surface area (Å²) in [5, 5.41) is 57.6. The minimum absolute atomic E-state index is 0.0936. The minimum atomic E-state index is -1.99. The number of rotatable bonds is 7. The molecule has 5 N–H and O–H groups in total. The van der Waals surface area contributed by atoms with Gasteiger partial charge >= 0.3 is 5.97 Å². The molecule has 0 bridgehead atoms. The summed E-state index contributed by atoms with van der Waals surface area (Å²) in [6.45, 7) is 16.3. The summed E-state index contributed by atoms with van der Waals surface area (Å²) in [5.41, 5.74) is -4.84. The molecule has 3 unspecified atom stereocenters. The van der Waals surface area contributed by atoms with E-state index in [0.29, 0.717) is 6.42 Å². The van der Waals surface area contributed by atoms with Crippen molar-refractivity contribution in [2.45, 2.75) is 179 Å². The molecule has 0 aromatic rings. The zero-order valence-corrected chi connectivity index (χ0v) is 32.9. The Bertz CT molecular complexity index is 1170. The van der Waals surface area contributed by atoms with E-state index in [9.17, 15) is 35.1 Å². The Kier molecular flexibility index (Phi) is 14.7. The fraction of sp³-hybridized carbons (Fsp3) is 0.946. The first-order valence-electron chi connectivity index (χ1n) is 18.5. The highest BCUT2D eigenvalue weighted by Gasteiger charge is 2.53. The number of esters is 1. The van der Waals surface area contributed by atoms with E-state index in [1.807, 2.05) is 25.9 Å². The van der Waals surface area contributed by atoms with Crippen LogP contribution in [0.3, 0.4) is 0 Å². The highest BCUT2D eigenvalue weighted by atomic mass is 16.7. The minimum Gasteiger partial charge on any atom is -0.459 e. The van der Waals surface area contributed by atoms with Crippen molar-refractivity contribution in [3.63, 3.8) is 0 Å². The summed E-state index contributed by atoms with van der Waals surface area (Å²) in [4.78, 5) is 29.8. The average Bonchev–Trinajstić information content (AvgIpc) is 3.05. The first-order valence-corrected chi connectivity index (χ1v) is 18.5. The molecule has 18 atom stereocenters. The van der Waals surface area contributed by atoms with Gasteiger partial charge in [-0.05, 0) is 74.9 Å². The second kappa shape index (κ2) is 17.0. The van der Waals surface area contributed by atoms with Crippen molar-refractivity contribution in [3.8, 4) is 0 Å². The molecule has 14 nitrogen and oxygen atoms in total. The molecule has 298 valence electrons. The summed E-state index contributed by atoms with van der Waals surface area (Å²) >= 11 is 0. The third-order valence-electron chi connectivity index (χ3n) is 11.8. The number of ether oxygens (including phenoxy) is 6. The van der Waals surface area contributed by atoms with Gasteiger partial charge in [0.15, 0.2) is 12.6 Å². The van der Waals surface area contributed by atoms with E-state index < -0.39 is 108 Å². The number of carbonyl (C=O) groups is 2. The lowest BCUT2D eigenvalue weighted by Gasteiger charge is -2.49. The number of hydrogen-bond acceptors (Lipinski definition) is 14. The number of ketones is 1. The van der Waals surface area contributed by atoms with Crippen molar-refractivity contribution in [2.75, 3.05) is 21.2 Å². The summed E-state index contributed by atoms with van der Waals surface area (Å²) in [6, 6.07) is -0.324. The Morgan fingerprint density at radius 1 is 0.882 bits per heavy atom. The number of methoxy groups -OCH3 is 1. The number of aliphatic hydroxyl groups excluding tert-OH is 3. The van der Waals surface area contributed by atoms with Crippen LogP contribution in [-0.4, -0.2) is 148 Å². The molecular formula is C37H67NO13.